The van der Waals surface area contributed by atoms with E-state index in [0.29, 0.717) is 0 Å². The minimum absolute atomic E-state index is 0. The zero-order valence-corrected chi connectivity index (χ0v) is 6.33. The molecule has 0 atom stereocenters. The molecule has 0 saturated carbocycles. The first-order chi connectivity index (χ1) is 1.41. The van der Waals surface area contributed by atoms with Gasteiger partial charge in [-0.15, -0.1) is 0 Å². The van der Waals surface area contributed by atoms with E-state index in [1.165, 1.54) is 0 Å². The molecule has 1 N–H and O–H groups in total. The SMILES string of the molecule is [MgH+].[OH-].[O]=[Ti]=[O]. The summed E-state index contributed by atoms with van der Waals surface area (Å²) in [7, 11) is 0. The second-order valence-electron chi connectivity index (χ2n) is 0.0833. The van der Waals surface area contributed by atoms with Gasteiger partial charge >= 0.3 is 48.8 Å². The molecule has 26 valence electrons. The molecular formula is H2MgO3Ti. The van der Waals surface area contributed by atoms with Crippen molar-refractivity contribution in [1.82, 2.24) is 0 Å². The molecule has 0 aromatic rings. The summed E-state index contributed by atoms with van der Waals surface area (Å²) in [6.45, 7) is 0. The summed E-state index contributed by atoms with van der Waals surface area (Å²) in [6, 6.07) is 0. The second kappa shape index (κ2) is 19.8. The molecule has 0 radical (unpaired) electrons. The van der Waals surface area contributed by atoms with E-state index >= 15 is 0 Å². The molecule has 0 rings (SSSR count). The van der Waals surface area contributed by atoms with Gasteiger partial charge in [0.15, 0.2) is 0 Å². The summed E-state index contributed by atoms with van der Waals surface area (Å²) in [6.07, 6.45) is 0. The van der Waals surface area contributed by atoms with Crippen LogP contribution in [0.2, 0.25) is 0 Å². The predicted molar refractivity (Wildman–Crippen MR) is 10.5 cm³/mol. The fourth-order valence-corrected chi connectivity index (χ4v) is 0. The van der Waals surface area contributed by atoms with Crippen molar-refractivity contribution >= 4 is 23.1 Å². The van der Waals surface area contributed by atoms with Crippen LogP contribution in [0.3, 0.4) is 0 Å². The molecule has 0 aromatic carbocycles. The van der Waals surface area contributed by atoms with Crippen molar-refractivity contribution in [3.05, 3.63) is 0 Å². The first-order valence-corrected chi connectivity index (χ1v) is 1.68. The third-order valence-electron chi connectivity index (χ3n) is 0. The Bertz CT molecular complexity index is 27.9. The van der Waals surface area contributed by atoms with Gasteiger partial charge < -0.3 is 5.48 Å². The number of hydrogen-bond donors (Lipinski definition) is 0. The Labute approximate surface area is 54.2 Å². The molecule has 0 amide bonds. The molecule has 0 bridgehead atoms. The van der Waals surface area contributed by atoms with Crippen molar-refractivity contribution in [2.45, 2.75) is 0 Å². The van der Waals surface area contributed by atoms with Crippen LogP contribution in [0.4, 0.5) is 0 Å². The van der Waals surface area contributed by atoms with E-state index in [0.717, 1.165) is 0 Å². The summed E-state index contributed by atoms with van der Waals surface area (Å²) in [5.41, 5.74) is 0. The quantitative estimate of drug-likeness (QED) is 0.384. The maximum absolute atomic E-state index is 8.50. The molecule has 0 aliphatic rings. The summed E-state index contributed by atoms with van der Waals surface area (Å²) in [5.74, 6) is 0. The topological polar surface area (TPSA) is 64.1 Å². The minimum atomic E-state index is -2.00. The summed E-state index contributed by atoms with van der Waals surface area (Å²) in [5, 5.41) is 0. The molecule has 0 unspecified atom stereocenters. The monoisotopic (exact) mass is 122 g/mol. The number of rotatable bonds is 0. The molecule has 5 heteroatoms. The Kier molecular flexibility index (Phi) is 65.6. The van der Waals surface area contributed by atoms with Crippen LogP contribution in [0.1, 0.15) is 0 Å². The van der Waals surface area contributed by atoms with Crippen LogP contribution < -0.4 is 0 Å². The maximum atomic E-state index is 8.50. The third-order valence-corrected chi connectivity index (χ3v) is 0. The van der Waals surface area contributed by atoms with Gasteiger partial charge in [0.2, 0.25) is 0 Å². The van der Waals surface area contributed by atoms with Gasteiger partial charge in [0.25, 0.3) is 0 Å². The Morgan fingerprint density at radius 3 is 1.20 bits per heavy atom. The molecule has 0 fully saturated rings. The average Bonchev–Trinajstić information content (AvgIpc) is 0.918. The van der Waals surface area contributed by atoms with Gasteiger partial charge in [-0.05, 0) is 0 Å². The van der Waals surface area contributed by atoms with Gasteiger partial charge in [-0.3, -0.25) is 0 Å². The molecule has 0 aliphatic heterocycles. The van der Waals surface area contributed by atoms with Crippen molar-refractivity contribution < 1.29 is 31.2 Å². The molecule has 0 heterocycles. The zero-order valence-electron chi connectivity index (χ0n) is 2.76. The van der Waals surface area contributed by atoms with Crippen molar-refractivity contribution in [3.8, 4) is 0 Å². The zero-order chi connectivity index (χ0) is 2.71. The fraction of sp³-hybridized carbons (Fsp3) is 0. The van der Waals surface area contributed by atoms with Crippen LogP contribution in [-0.2, 0) is 25.7 Å². The Morgan fingerprint density at radius 2 is 1.20 bits per heavy atom. The Hall–Kier alpha value is 1.04. The van der Waals surface area contributed by atoms with Crippen molar-refractivity contribution in [1.29, 1.82) is 0 Å². The van der Waals surface area contributed by atoms with Crippen molar-refractivity contribution in [3.63, 3.8) is 0 Å². The van der Waals surface area contributed by atoms with E-state index < -0.39 is 19.1 Å². The third kappa shape index (κ3) is 43.0. The standard InChI is InChI=1S/Mg.H2O.2O.Ti.H/h;1H2;;;;/q+1;;;;;/p-1. The van der Waals surface area contributed by atoms with E-state index in [1.807, 2.05) is 0 Å². The van der Waals surface area contributed by atoms with E-state index in [2.05, 4.69) is 0 Å². The van der Waals surface area contributed by atoms with E-state index in [-0.39, 0.29) is 28.5 Å². The van der Waals surface area contributed by atoms with Crippen LogP contribution >= 0.6 is 0 Å². The molecule has 0 aliphatic carbocycles. The fourth-order valence-electron chi connectivity index (χ4n) is 0. The Balaban J connectivity index is -0.0000000200. The predicted octanol–water partition coefficient (Wildman–Crippen LogP) is -1.07. The van der Waals surface area contributed by atoms with Crippen LogP contribution in [-0.4, -0.2) is 28.5 Å². The van der Waals surface area contributed by atoms with Crippen LogP contribution in [0, 0.1) is 0 Å². The first-order valence-electron chi connectivity index (χ1n) is 0.408. The van der Waals surface area contributed by atoms with Gasteiger partial charge in [0, 0.05) is 0 Å². The second-order valence-corrected chi connectivity index (χ2v) is 0.344. The van der Waals surface area contributed by atoms with Gasteiger partial charge in [-0.25, -0.2) is 0 Å². The van der Waals surface area contributed by atoms with Crippen LogP contribution in [0.25, 0.3) is 0 Å². The van der Waals surface area contributed by atoms with Crippen molar-refractivity contribution in [2.75, 3.05) is 0 Å². The average molecular weight is 122 g/mol. The summed E-state index contributed by atoms with van der Waals surface area (Å²) >= 11 is -2.00. The van der Waals surface area contributed by atoms with Gasteiger partial charge in [0.05, 0.1) is 0 Å². The van der Waals surface area contributed by atoms with Gasteiger partial charge in [0.1, 0.15) is 0 Å². The van der Waals surface area contributed by atoms with Gasteiger partial charge in [-0.1, -0.05) is 0 Å². The molecule has 0 saturated heterocycles. The molecule has 3 nitrogen and oxygen atoms in total. The summed E-state index contributed by atoms with van der Waals surface area (Å²) < 4.78 is 17.0. The number of hydrogen-bond acceptors (Lipinski definition) is 3. The van der Waals surface area contributed by atoms with E-state index in [4.69, 9.17) is 6.65 Å². The van der Waals surface area contributed by atoms with Crippen LogP contribution in [0.5, 0.6) is 0 Å². The summed E-state index contributed by atoms with van der Waals surface area (Å²) in [4.78, 5) is 0. The normalized spacial score (nSPS) is 1.60. The Morgan fingerprint density at radius 1 is 1.20 bits per heavy atom. The molecular weight excluding hydrogens is 120 g/mol. The molecule has 0 spiro atoms. The van der Waals surface area contributed by atoms with E-state index in [9.17, 15) is 0 Å². The van der Waals surface area contributed by atoms with E-state index in [1.54, 1.807) is 0 Å². The van der Waals surface area contributed by atoms with Crippen molar-refractivity contribution in [2.24, 2.45) is 0 Å². The first kappa shape index (κ1) is 16.6. The molecule has 5 heavy (non-hydrogen) atoms. The van der Waals surface area contributed by atoms with Gasteiger partial charge in [-0.2, -0.15) is 0 Å². The molecule has 0 aromatic heterocycles. The van der Waals surface area contributed by atoms with Crippen LogP contribution in [0.15, 0.2) is 0 Å².